The molecule has 18 heavy (non-hydrogen) atoms. The van der Waals surface area contributed by atoms with E-state index in [1.807, 2.05) is 0 Å². The Morgan fingerprint density at radius 1 is 1.22 bits per heavy atom. The Hall–Kier alpha value is -2.10. The van der Waals surface area contributed by atoms with Crippen LogP contribution in [0.5, 0.6) is 0 Å². The molecule has 1 aromatic heterocycles. The maximum atomic E-state index is 13.9. The number of hydrogen-bond donors (Lipinski definition) is 0. The summed E-state index contributed by atoms with van der Waals surface area (Å²) in [5, 5.41) is 0. The van der Waals surface area contributed by atoms with Crippen LogP contribution >= 0.6 is 0 Å². The highest BCUT2D eigenvalue weighted by Gasteiger charge is 2.18. The minimum Gasteiger partial charge on any atom is -0.287 e. The molecule has 1 aromatic carbocycles. The van der Waals surface area contributed by atoms with E-state index in [1.165, 1.54) is 18.3 Å². The van der Waals surface area contributed by atoms with Gasteiger partial charge >= 0.3 is 0 Å². The number of aryl methyl sites for hydroxylation is 3. The molecule has 3 nitrogen and oxygen atoms in total. The van der Waals surface area contributed by atoms with E-state index in [9.17, 15) is 9.18 Å². The fraction of sp³-hybridized carbons (Fsp3) is 0.214. The van der Waals surface area contributed by atoms with Crippen molar-refractivity contribution >= 4 is 5.78 Å². The SMILES string of the molecule is Cc1cc(C)c(C(=O)c2ccnc(C)n2)c(F)c1. The summed E-state index contributed by atoms with van der Waals surface area (Å²) in [5.74, 6) is -0.421. The third-order valence-corrected chi connectivity index (χ3v) is 2.67. The highest BCUT2D eigenvalue weighted by atomic mass is 19.1. The first-order valence-corrected chi connectivity index (χ1v) is 5.60. The van der Waals surface area contributed by atoms with Crippen molar-refractivity contribution in [3.8, 4) is 0 Å². The van der Waals surface area contributed by atoms with Crippen LogP contribution in [0.15, 0.2) is 24.4 Å². The molecule has 0 aliphatic heterocycles. The van der Waals surface area contributed by atoms with E-state index in [4.69, 9.17) is 0 Å². The zero-order valence-electron chi connectivity index (χ0n) is 10.5. The monoisotopic (exact) mass is 244 g/mol. The van der Waals surface area contributed by atoms with Crippen molar-refractivity contribution in [2.45, 2.75) is 20.8 Å². The highest BCUT2D eigenvalue weighted by molar-refractivity contribution is 6.08. The molecule has 0 saturated heterocycles. The van der Waals surface area contributed by atoms with Gasteiger partial charge in [0.15, 0.2) is 0 Å². The molecular formula is C14H13FN2O. The van der Waals surface area contributed by atoms with Gasteiger partial charge in [-0.3, -0.25) is 4.79 Å². The van der Waals surface area contributed by atoms with Crippen LogP contribution in [-0.4, -0.2) is 15.8 Å². The quantitative estimate of drug-likeness (QED) is 0.763. The van der Waals surface area contributed by atoms with Crippen LogP contribution in [-0.2, 0) is 0 Å². The van der Waals surface area contributed by atoms with Crippen molar-refractivity contribution in [3.63, 3.8) is 0 Å². The second-order valence-corrected chi connectivity index (χ2v) is 4.26. The molecule has 2 aromatic rings. The number of aromatic nitrogens is 2. The Balaban J connectivity index is 2.53. The van der Waals surface area contributed by atoms with Crippen LogP contribution in [0, 0.1) is 26.6 Å². The molecule has 1 heterocycles. The normalized spacial score (nSPS) is 10.4. The van der Waals surface area contributed by atoms with Crippen molar-refractivity contribution in [1.82, 2.24) is 9.97 Å². The molecule has 0 radical (unpaired) electrons. The van der Waals surface area contributed by atoms with Crippen molar-refractivity contribution in [3.05, 3.63) is 58.4 Å². The van der Waals surface area contributed by atoms with Crippen LogP contribution in [0.25, 0.3) is 0 Å². The topological polar surface area (TPSA) is 42.9 Å². The number of benzene rings is 1. The summed E-state index contributed by atoms with van der Waals surface area (Å²) in [5.41, 5.74) is 1.71. The summed E-state index contributed by atoms with van der Waals surface area (Å²) >= 11 is 0. The maximum absolute atomic E-state index is 13.9. The zero-order valence-corrected chi connectivity index (χ0v) is 10.5. The fourth-order valence-corrected chi connectivity index (χ4v) is 1.91. The molecule has 0 unspecified atom stereocenters. The van der Waals surface area contributed by atoms with E-state index in [0.717, 1.165) is 5.56 Å². The summed E-state index contributed by atoms with van der Waals surface area (Å²) in [6.45, 7) is 5.20. The number of hydrogen-bond acceptors (Lipinski definition) is 3. The lowest BCUT2D eigenvalue weighted by Gasteiger charge is -2.07. The second kappa shape index (κ2) is 4.64. The van der Waals surface area contributed by atoms with E-state index >= 15 is 0 Å². The predicted octanol–water partition coefficient (Wildman–Crippen LogP) is 2.77. The first-order valence-electron chi connectivity index (χ1n) is 5.60. The largest absolute Gasteiger partial charge is 0.287 e. The second-order valence-electron chi connectivity index (χ2n) is 4.26. The van der Waals surface area contributed by atoms with Gasteiger partial charge in [-0.25, -0.2) is 14.4 Å². The fourth-order valence-electron chi connectivity index (χ4n) is 1.91. The van der Waals surface area contributed by atoms with Crippen LogP contribution in [0.1, 0.15) is 33.0 Å². The Morgan fingerprint density at radius 3 is 2.56 bits per heavy atom. The average molecular weight is 244 g/mol. The minimum atomic E-state index is -0.506. The lowest BCUT2D eigenvalue weighted by Crippen LogP contribution is -2.10. The van der Waals surface area contributed by atoms with E-state index in [2.05, 4.69) is 9.97 Å². The summed E-state index contributed by atoms with van der Waals surface area (Å²) in [6.07, 6.45) is 1.50. The van der Waals surface area contributed by atoms with Gasteiger partial charge in [-0.15, -0.1) is 0 Å². The first-order chi connectivity index (χ1) is 8.49. The Morgan fingerprint density at radius 2 is 1.94 bits per heavy atom. The maximum Gasteiger partial charge on any atom is 0.214 e. The van der Waals surface area contributed by atoms with Crippen LogP contribution in [0.3, 0.4) is 0 Å². The summed E-state index contributed by atoms with van der Waals surface area (Å²) in [6, 6.07) is 4.63. The number of nitrogens with zero attached hydrogens (tertiary/aromatic N) is 2. The molecule has 0 amide bonds. The van der Waals surface area contributed by atoms with Crippen molar-refractivity contribution in [1.29, 1.82) is 0 Å². The Kier molecular flexibility index (Phi) is 3.19. The van der Waals surface area contributed by atoms with Gasteiger partial charge in [0, 0.05) is 6.20 Å². The summed E-state index contributed by atoms with van der Waals surface area (Å²) < 4.78 is 13.9. The van der Waals surface area contributed by atoms with Gasteiger partial charge < -0.3 is 0 Å². The lowest BCUT2D eigenvalue weighted by atomic mass is 9.99. The standard InChI is InChI=1S/C14H13FN2O/c1-8-6-9(2)13(11(15)7-8)14(18)12-4-5-16-10(3)17-12/h4-7H,1-3H3. The third kappa shape index (κ3) is 2.27. The number of carbonyl (C=O) groups is 1. The molecule has 0 saturated carbocycles. The molecule has 92 valence electrons. The van der Waals surface area contributed by atoms with E-state index in [1.54, 1.807) is 26.8 Å². The van der Waals surface area contributed by atoms with Gasteiger partial charge in [0.2, 0.25) is 5.78 Å². The molecule has 4 heteroatoms. The molecule has 0 bridgehead atoms. The van der Waals surface area contributed by atoms with Gasteiger partial charge in [-0.1, -0.05) is 6.07 Å². The molecule has 2 rings (SSSR count). The zero-order chi connectivity index (χ0) is 13.3. The van der Waals surface area contributed by atoms with Crippen LogP contribution in [0.2, 0.25) is 0 Å². The Bertz CT molecular complexity index is 600. The van der Waals surface area contributed by atoms with E-state index < -0.39 is 11.6 Å². The molecule has 0 atom stereocenters. The smallest absolute Gasteiger partial charge is 0.214 e. The minimum absolute atomic E-state index is 0.0821. The number of carbonyl (C=O) groups excluding carboxylic acids is 1. The van der Waals surface area contributed by atoms with Gasteiger partial charge in [0.25, 0.3) is 0 Å². The first kappa shape index (κ1) is 12.4. The van der Waals surface area contributed by atoms with Gasteiger partial charge in [-0.05, 0) is 44.0 Å². The number of ketones is 1. The van der Waals surface area contributed by atoms with E-state index in [-0.39, 0.29) is 11.3 Å². The average Bonchev–Trinajstić information content (AvgIpc) is 2.27. The van der Waals surface area contributed by atoms with Crippen LogP contribution in [0.4, 0.5) is 4.39 Å². The number of rotatable bonds is 2. The number of halogens is 1. The lowest BCUT2D eigenvalue weighted by molar-refractivity contribution is 0.102. The van der Waals surface area contributed by atoms with Gasteiger partial charge in [0.1, 0.15) is 17.3 Å². The van der Waals surface area contributed by atoms with Gasteiger partial charge in [0.05, 0.1) is 5.56 Å². The van der Waals surface area contributed by atoms with Crippen molar-refractivity contribution in [2.24, 2.45) is 0 Å². The summed E-state index contributed by atoms with van der Waals surface area (Å²) in [7, 11) is 0. The molecule has 0 aliphatic rings. The molecular weight excluding hydrogens is 231 g/mol. The van der Waals surface area contributed by atoms with Gasteiger partial charge in [-0.2, -0.15) is 0 Å². The molecule has 0 aliphatic carbocycles. The van der Waals surface area contributed by atoms with E-state index in [0.29, 0.717) is 11.4 Å². The third-order valence-electron chi connectivity index (χ3n) is 2.67. The van der Waals surface area contributed by atoms with Crippen LogP contribution < -0.4 is 0 Å². The van der Waals surface area contributed by atoms with Crippen molar-refractivity contribution < 1.29 is 9.18 Å². The Labute approximate surface area is 105 Å². The predicted molar refractivity (Wildman–Crippen MR) is 66.1 cm³/mol. The summed E-state index contributed by atoms with van der Waals surface area (Å²) in [4.78, 5) is 20.2. The molecule has 0 N–H and O–H groups in total. The molecule has 0 spiro atoms. The molecule has 0 fully saturated rings. The highest BCUT2D eigenvalue weighted by Crippen LogP contribution is 2.18. The van der Waals surface area contributed by atoms with Crippen molar-refractivity contribution in [2.75, 3.05) is 0 Å².